The van der Waals surface area contributed by atoms with Crippen molar-refractivity contribution in [3.8, 4) is 0 Å². The predicted molar refractivity (Wildman–Crippen MR) is 96.0 cm³/mol. The lowest BCUT2D eigenvalue weighted by Gasteiger charge is -2.34. The fourth-order valence-corrected chi connectivity index (χ4v) is 3.39. The standard InChI is InChI=1S/C19H27N3O2/c1-15(23)17-5-4-12-22(14-17)19(24)20-13-16-6-8-18(9-7-16)21-10-2-3-11-21/h2-3,6-9,15,17,23H,4-5,10-14H2,1H3,(H,20,24). The van der Waals surface area contributed by atoms with E-state index in [9.17, 15) is 9.90 Å². The number of aliphatic hydroxyl groups is 1. The van der Waals surface area contributed by atoms with Crippen molar-refractivity contribution in [3.05, 3.63) is 42.0 Å². The Hall–Kier alpha value is -2.01. The molecule has 0 saturated carbocycles. The van der Waals surface area contributed by atoms with Crippen LogP contribution in [0.1, 0.15) is 25.3 Å². The highest BCUT2D eigenvalue weighted by Crippen LogP contribution is 2.20. The molecule has 5 nitrogen and oxygen atoms in total. The van der Waals surface area contributed by atoms with Crippen molar-refractivity contribution in [2.75, 3.05) is 31.1 Å². The van der Waals surface area contributed by atoms with Gasteiger partial charge in [-0.2, -0.15) is 0 Å². The van der Waals surface area contributed by atoms with Gasteiger partial charge in [0.2, 0.25) is 0 Å². The number of anilines is 1. The zero-order valence-electron chi connectivity index (χ0n) is 14.3. The minimum Gasteiger partial charge on any atom is -0.393 e. The zero-order chi connectivity index (χ0) is 16.9. The van der Waals surface area contributed by atoms with Crippen molar-refractivity contribution < 1.29 is 9.90 Å². The van der Waals surface area contributed by atoms with E-state index in [1.54, 1.807) is 0 Å². The number of nitrogens with zero attached hydrogens (tertiary/aromatic N) is 2. The predicted octanol–water partition coefficient (Wildman–Crippen LogP) is 2.37. The Balaban J connectivity index is 1.49. The number of benzene rings is 1. The van der Waals surface area contributed by atoms with Gasteiger partial charge in [-0.05, 0) is 37.5 Å². The molecule has 0 spiro atoms. The Labute approximate surface area is 143 Å². The molecule has 2 heterocycles. The maximum absolute atomic E-state index is 12.3. The number of hydrogen-bond acceptors (Lipinski definition) is 3. The number of carbonyl (C=O) groups excluding carboxylic acids is 1. The highest BCUT2D eigenvalue weighted by atomic mass is 16.3. The van der Waals surface area contributed by atoms with Crippen LogP contribution in [-0.4, -0.2) is 48.3 Å². The largest absolute Gasteiger partial charge is 0.393 e. The average Bonchev–Trinajstić information content (AvgIpc) is 3.15. The Kier molecular flexibility index (Phi) is 5.41. The molecule has 24 heavy (non-hydrogen) atoms. The molecule has 1 fully saturated rings. The van der Waals surface area contributed by atoms with Gasteiger partial charge in [0.1, 0.15) is 0 Å². The van der Waals surface area contributed by atoms with Crippen LogP contribution < -0.4 is 10.2 Å². The minimum atomic E-state index is -0.353. The summed E-state index contributed by atoms with van der Waals surface area (Å²) in [6.45, 7) is 5.70. The van der Waals surface area contributed by atoms with E-state index in [1.165, 1.54) is 5.69 Å². The number of carbonyl (C=O) groups is 1. The number of aliphatic hydroxyl groups excluding tert-OH is 1. The summed E-state index contributed by atoms with van der Waals surface area (Å²) < 4.78 is 0. The monoisotopic (exact) mass is 329 g/mol. The topological polar surface area (TPSA) is 55.8 Å². The van der Waals surface area contributed by atoms with Crippen molar-refractivity contribution >= 4 is 11.7 Å². The van der Waals surface area contributed by atoms with E-state index in [0.717, 1.165) is 38.0 Å². The summed E-state index contributed by atoms with van der Waals surface area (Å²) in [7, 11) is 0. The zero-order valence-corrected chi connectivity index (χ0v) is 14.3. The van der Waals surface area contributed by atoms with Gasteiger partial charge in [-0.15, -0.1) is 0 Å². The Morgan fingerprint density at radius 2 is 2.00 bits per heavy atom. The molecule has 1 saturated heterocycles. The van der Waals surface area contributed by atoms with E-state index in [4.69, 9.17) is 0 Å². The third kappa shape index (κ3) is 4.09. The summed E-state index contributed by atoms with van der Waals surface area (Å²) >= 11 is 0. The first-order valence-corrected chi connectivity index (χ1v) is 8.83. The van der Waals surface area contributed by atoms with Crippen LogP contribution in [0, 0.1) is 5.92 Å². The maximum atomic E-state index is 12.3. The molecular weight excluding hydrogens is 302 g/mol. The molecule has 3 rings (SSSR count). The fourth-order valence-electron chi connectivity index (χ4n) is 3.39. The quantitative estimate of drug-likeness (QED) is 0.834. The maximum Gasteiger partial charge on any atom is 0.317 e. The third-order valence-electron chi connectivity index (χ3n) is 4.99. The van der Waals surface area contributed by atoms with E-state index in [-0.39, 0.29) is 18.1 Å². The van der Waals surface area contributed by atoms with Crippen molar-refractivity contribution in [3.63, 3.8) is 0 Å². The van der Waals surface area contributed by atoms with Crippen LogP contribution in [-0.2, 0) is 6.54 Å². The van der Waals surface area contributed by atoms with E-state index in [1.807, 2.05) is 11.8 Å². The first-order chi connectivity index (χ1) is 11.6. The average molecular weight is 329 g/mol. The Bertz CT molecular complexity index is 575. The molecular formula is C19H27N3O2. The second-order valence-electron chi connectivity index (χ2n) is 6.79. The summed E-state index contributed by atoms with van der Waals surface area (Å²) in [6.07, 6.45) is 5.95. The molecule has 130 valence electrons. The number of likely N-dealkylation sites (tertiary alicyclic amines) is 1. The van der Waals surface area contributed by atoms with Gasteiger partial charge in [0.15, 0.2) is 0 Å². The van der Waals surface area contributed by atoms with Crippen LogP contribution in [0.25, 0.3) is 0 Å². The van der Waals surface area contributed by atoms with Gasteiger partial charge < -0.3 is 20.2 Å². The highest BCUT2D eigenvalue weighted by molar-refractivity contribution is 5.74. The van der Waals surface area contributed by atoms with Gasteiger partial charge in [0.25, 0.3) is 0 Å². The van der Waals surface area contributed by atoms with Crippen LogP contribution in [0.3, 0.4) is 0 Å². The lowest BCUT2D eigenvalue weighted by molar-refractivity contribution is 0.0738. The summed E-state index contributed by atoms with van der Waals surface area (Å²) in [6, 6.07) is 8.33. The van der Waals surface area contributed by atoms with E-state index >= 15 is 0 Å². The lowest BCUT2D eigenvalue weighted by Crippen LogP contribution is -2.47. The van der Waals surface area contributed by atoms with Crippen LogP contribution >= 0.6 is 0 Å². The van der Waals surface area contributed by atoms with Crippen molar-refractivity contribution in [1.29, 1.82) is 0 Å². The first-order valence-electron chi connectivity index (χ1n) is 8.83. The number of urea groups is 1. The second-order valence-corrected chi connectivity index (χ2v) is 6.79. The van der Waals surface area contributed by atoms with Gasteiger partial charge in [0.05, 0.1) is 6.10 Å². The van der Waals surface area contributed by atoms with Crippen LogP contribution in [0.15, 0.2) is 36.4 Å². The Morgan fingerprint density at radius 3 is 2.67 bits per heavy atom. The second kappa shape index (κ2) is 7.71. The van der Waals surface area contributed by atoms with Crippen LogP contribution in [0.4, 0.5) is 10.5 Å². The third-order valence-corrected chi connectivity index (χ3v) is 4.99. The summed E-state index contributed by atoms with van der Waals surface area (Å²) in [4.78, 5) is 16.5. The van der Waals surface area contributed by atoms with Gasteiger partial charge in [0, 0.05) is 44.3 Å². The van der Waals surface area contributed by atoms with E-state index < -0.39 is 0 Å². The van der Waals surface area contributed by atoms with Crippen LogP contribution in [0.5, 0.6) is 0 Å². The lowest BCUT2D eigenvalue weighted by atomic mass is 9.94. The van der Waals surface area contributed by atoms with Crippen molar-refractivity contribution in [2.45, 2.75) is 32.4 Å². The number of nitrogens with one attached hydrogen (secondary N) is 1. The SMILES string of the molecule is CC(O)C1CCCN(C(=O)NCc2ccc(N3CC=CC3)cc2)C1. The number of piperidine rings is 1. The molecule has 2 atom stereocenters. The molecule has 2 N–H and O–H groups in total. The summed E-state index contributed by atoms with van der Waals surface area (Å²) in [5.74, 6) is 0.192. The summed E-state index contributed by atoms with van der Waals surface area (Å²) in [5.41, 5.74) is 2.31. The smallest absolute Gasteiger partial charge is 0.317 e. The Morgan fingerprint density at radius 1 is 1.29 bits per heavy atom. The normalized spacial score (nSPS) is 21.8. The summed E-state index contributed by atoms with van der Waals surface area (Å²) in [5, 5.41) is 12.7. The number of amides is 2. The molecule has 2 unspecified atom stereocenters. The fraction of sp³-hybridized carbons (Fsp3) is 0.526. The van der Waals surface area contributed by atoms with Crippen molar-refractivity contribution in [2.24, 2.45) is 5.92 Å². The number of hydrogen-bond donors (Lipinski definition) is 2. The van der Waals surface area contributed by atoms with Gasteiger partial charge in [-0.1, -0.05) is 24.3 Å². The van der Waals surface area contributed by atoms with Gasteiger partial charge >= 0.3 is 6.03 Å². The first kappa shape index (κ1) is 16.8. The molecule has 2 aliphatic heterocycles. The molecule has 0 bridgehead atoms. The molecule has 0 aromatic heterocycles. The molecule has 0 radical (unpaired) electrons. The molecule has 1 aromatic carbocycles. The van der Waals surface area contributed by atoms with E-state index in [0.29, 0.717) is 13.1 Å². The molecule has 2 aliphatic rings. The molecule has 1 aromatic rings. The highest BCUT2D eigenvalue weighted by Gasteiger charge is 2.26. The molecule has 0 aliphatic carbocycles. The van der Waals surface area contributed by atoms with Gasteiger partial charge in [-0.25, -0.2) is 4.79 Å². The van der Waals surface area contributed by atoms with Crippen molar-refractivity contribution in [1.82, 2.24) is 10.2 Å². The molecule has 5 heteroatoms. The minimum absolute atomic E-state index is 0.0341. The molecule has 2 amide bonds. The van der Waals surface area contributed by atoms with E-state index in [2.05, 4.69) is 46.6 Å². The van der Waals surface area contributed by atoms with Crippen LogP contribution in [0.2, 0.25) is 0 Å². The number of rotatable bonds is 4. The van der Waals surface area contributed by atoms with Gasteiger partial charge in [-0.3, -0.25) is 0 Å².